The fourth-order valence-corrected chi connectivity index (χ4v) is 5.27. The Morgan fingerprint density at radius 1 is 0.735 bits per heavy atom. The van der Waals surface area contributed by atoms with Crippen molar-refractivity contribution in [1.29, 1.82) is 0 Å². The zero-order chi connectivity index (χ0) is 23.5. The lowest BCUT2D eigenvalue weighted by Crippen LogP contribution is -2.24. The number of hydrogen-bond donors (Lipinski definition) is 1. The first-order valence-corrected chi connectivity index (χ1v) is 11.9. The van der Waals surface area contributed by atoms with E-state index in [9.17, 15) is 4.79 Å². The molecule has 4 aromatic rings. The van der Waals surface area contributed by atoms with Gasteiger partial charge in [-0.1, -0.05) is 60.3 Å². The lowest BCUT2D eigenvalue weighted by molar-refractivity contribution is -0.136. The predicted molar refractivity (Wildman–Crippen MR) is 137 cm³/mol. The third kappa shape index (κ3) is 4.32. The zero-order valence-corrected chi connectivity index (χ0v) is 19.5. The Labute approximate surface area is 203 Å². The first-order valence-electron chi connectivity index (χ1n) is 11.1. The minimum atomic E-state index is -0.804. The van der Waals surface area contributed by atoms with Gasteiger partial charge in [-0.3, -0.25) is 4.79 Å². The van der Waals surface area contributed by atoms with Gasteiger partial charge in [0.25, 0.3) is 0 Å². The molecule has 0 radical (unpaired) electrons. The second kappa shape index (κ2) is 9.53. The number of hydrogen-bond acceptors (Lipinski definition) is 5. The van der Waals surface area contributed by atoms with Crippen LogP contribution < -0.4 is 14.5 Å². The van der Waals surface area contributed by atoms with E-state index in [1.165, 1.54) is 21.2 Å². The van der Waals surface area contributed by atoms with Crippen LogP contribution in [0, 0.1) is 0 Å². The highest BCUT2D eigenvalue weighted by Gasteiger charge is 2.24. The van der Waals surface area contributed by atoms with E-state index in [1.54, 1.807) is 0 Å². The van der Waals surface area contributed by atoms with Gasteiger partial charge in [-0.25, -0.2) is 0 Å². The molecule has 0 saturated heterocycles. The van der Waals surface area contributed by atoms with Crippen molar-refractivity contribution in [2.24, 2.45) is 0 Å². The molecule has 0 saturated carbocycles. The van der Waals surface area contributed by atoms with Gasteiger partial charge < -0.3 is 19.6 Å². The van der Waals surface area contributed by atoms with Crippen molar-refractivity contribution < 1.29 is 14.6 Å². The minimum absolute atomic E-state index is 0.0860. The fraction of sp³-hybridized carbons (Fsp3) is 0.107. The van der Waals surface area contributed by atoms with Gasteiger partial charge in [0.1, 0.15) is 0 Å². The van der Waals surface area contributed by atoms with E-state index < -0.39 is 5.97 Å². The largest absolute Gasteiger partial charge is 0.481 e. The van der Waals surface area contributed by atoms with Gasteiger partial charge in [0, 0.05) is 23.4 Å². The molecule has 0 bridgehead atoms. The van der Waals surface area contributed by atoms with Crippen molar-refractivity contribution in [1.82, 2.24) is 0 Å². The van der Waals surface area contributed by atoms with E-state index >= 15 is 0 Å². The molecule has 0 aliphatic carbocycles. The van der Waals surface area contributed by atoms with Gasteiger partial charge in [-0.05, 0) is 48.5 Å². The Hall–Kier alpha value is -3.90. The van der Waals surface area contributed by atoms with Gasteiger partial charge in [0.15, 0.2) is 11.5 Å². The molecule has 1 N–H and O–H groups in total. The smallest absolute Gasteiger partial charge is 0.305 e. The first kappa shape index (κ1) is 21.9. The maximum absolute atomic E-state index is 10.8. The second-order valence-corrected chi connectivity index (χ2v) is 9.01. The molecule has 2 aliphatic rings. The third-order valence-electron chi connectivity index (χ3n) is 5.75. The van der Waals surface area contributed by atoms with Crippen molar-refractivity contribution in [2.75, 3.05) is 23.4 Å². The summed E-state index contributed by atoms with van der Waals surface area (Å²) in [6.45, 7) is 0.423. The van der Waals surface area contributed by atoms with E-state index in [4.69, 9.17) is 9.84 Å². The summed E-state index contributed by atoms with van der Waals surface area (Å²) < 4.78 is 5.83. The van der Waals surface area contributed by atoms with Gasteiger partial charge >= 0.3 is 5.97 Å². The van der Waals surface area contributed by atoms with E-state index in [-0.39, 0.29) is 6.42 Å². The minimum Gasteiger partial charge on any atom is -0.481 e. The summed E-state index contributed by atoms with van der Waals surface area (Å²) in [5.41, 5.74) is 4.40. The number of carbonyl (C=O) groups is 1. The van der Waals surface area contributed by atoms with Crippen molar-refractivity contribution in [3.8, 4) is 11.5 Å². The topological polar surface area (TPSA) is 53.0 Å². The summed E-state index contributed by atoms with van der Waals surface area (Å²) in [4.78, 5) is 17.7. The molecule has 4 aromatic carbocycles. The molecule has 170 valence electrons. The molecule has 2 aliphatic heterocycles. The summed E-state index contributed by atoms with van der Waals surface area (Å²) in [6.07, 6.45) is 0.0860. The molecule has 0 amide bonds. The van der Waals surface area contributed by atoms with Crippen molar-refractivity contribution >= 4 is 40.5 Å². The number of carboxylic acid groups (broad SMARTS) is 1. The molecule has 5 nitrogen and oxygen atoms in total. The number of anilines is 4. The number of carboxylic acids is 1. The molecule has 0 unspecified atom stereocenters. The number of rotatable bonds is 3. The molecule has 6 rings (SSSR count). The summed E-state index contributed by atoms with van der Waals surface area (Å²) >= 11 is 1.84. The molecule has 34 heavy (non-hydrogen) atoms. The van der Waals surface area contributed by atoms with Crippen LogP contribution in [0.25, 0.3) is 0 Å². The highest BCUT2D eigenvalue weighted by Crippen LogP contribution is 2.47. The van der Waals surface area contributed by atoms with Gasteiger partial charge in [0.2, 0.25) is 0 Å². The summed E-state index contributed by atoms with van der Waals surface area (Å²) in [6, 6.07) is 32.3. The Morgan fingerprint density at radius 2 is 1.18 bits per heavy atom. The van der Waals surface area contributed by atoms with Crippen LogP contribution in [0.15, 0.2) is 107 Å². The highest BCUT2D eigenvalue weighted by atomic mass is 32.2. The number of aliphatic carboxylic acids is 1. The molecular weight excluding hydrogens is 444 g/mol. The fourth-order valence-electron chi connectivity index (χ4n) is 4.12. The van der Waals surface area contributed by atoms with Crippen LogP contribution in [0.5, 0.6) is 11.5 Å². The second-order valence-electron chi connectivity index (χ2n) is 7.93. The molecule has 2 heterocycles. The maximum atomic E-state index is 10.8. The average Bonchev–Trinajstić information content (AvgIpc) is 2.87. The highest BCUT2D eigenvalue weighted by molar-refractivity contribution is 7.99. The van der Waals surface area contributed by atoms with Crippen LogP contribution in [-0.4, -0.2) is 24.7 Å². The first-order chi connectivity index (χ1) is 16.6. The molecule has 0 aromatic heterocycles. The van der Waals surface area contributed by atoms with Crippen LogP contribution in [-0.2, 0) is 4.79 Å². The number of fused-ring (bicyclic) bond motifs is 4. The van der Waals surface area contributed by atoms with E-state index in [1.807, 2.05) is 65.2 Å². The van der Waals surface area contributed by atoms with Gasteiger partial charge in [0.05, 0.1) is 29.2 Å². The molecule has 0 spiro atoms. The van der Waals surface area contributed by atoms with Crippen LogP contribution in [0.3, 0.4) is 0 Å². The van der Waals surface area contributed by atoms with Crippen molar-refractivity contribution in [3.05, 3.63) is 97.1 Å². The van der Waals surface area contributed by atoms with Gasteiger partial charge in [-0.2, -0.15) is 0 Å². The van der Waals surface area contributed by atoms with E-state index in [0.717, 1.165) is 22.9 Å². The lowest BCUT2D eigenvalue weighted by Gasteiger charge is -2.32. The maximum Gasteiger partial charge on any atom is 0.305 e. The average molecular weight is 469 g/mol. The Kier molecular flexibility index (Phi) is 6.14. The van der Waals surface area contributed by atoms with Crippen LogP contribution >= 0.6 is 11.8 Å². The quantitative estimate of drug-likeness (QED) is 0.340. The molecular formula is C28H24N2O3S. The molecule has 0 atom stereocenters. The summed E-state index contributed by atoms with van der Waals surface area (Å²) in [7, 11) is 2.12. The lowest BCUT2D eigenvalue weighted by atomic mass is 10.1. The van der Waals surface area contributed by atoms with E-state index in [0.29, 0.717) is 6.54 Å². The normalized spacial score (nSPS) is 12.7. The van der Waals surface area contributed by atoms with Gasteiger partial charge in [-0.15, -0.1) is 0 Å². The van der Waals surface area contributed by atoms with Crippen molar-refractivity contribution in [2.45, 2.75) is 16.2 Å². The van der Waals surface area contributed by atoms with Crippen molar-refractivity contribution in [3.63, 3.8) is 0 Å². The third-order valence-corrected chi connectivity index (χ3v) is 6.88. The number of nitrogens with zero attached hydrogens (tertiary/aromatic N) is 2. The predicted octanol–water partition coefficient (Wildman–Crippen LogP) is 7.32. The number of ether oxygens (including phenoxy) is 1. The Bertz CT molecular complexity index is 1250. The molecule has 0 fully saturated rings. The number of benzene rings is 4. The summed E-state index contributed by atoms with van der Waals surface area (Å²) in [5, 5.41) is 8.88. The standard InChI is InChI=1S/C15H13NO3.C13H11NS/c17-15(18)9-10-16-11-5-1-3-7-13(11)19-14-8-4-2-6-12(14)16;1-14-10-6-2-4-8-12(10)15-13-9-5-3-7-11(13)14/h1-8H,9-10H2,(H,17,18);2-9H,1H3. The van der Waals surface area contributed by atoms with Crippen LogP contribution in [0.4, 0.5) is 22.7 Å². The van der Waals surface area contributed by atoms with Crippen LogP contribution in [0.2, 0.25) is 0 Å². The van der Waals surface area contributed by atoms with Crippen LogP contribution in [0.1, 0.15) is 6.42 Å². The zero-order valence-electron chi connectivity index (χ0n) is 18.7. The van der Waals surface area contributed by atoms with E-state index in [2.05, 4.69) is 60.5 Å². The monoisotopic (exact) mass is 468 g/mol. The molecule has 6 heteroatoms. The summed E-state index contributed by atoms with van der Waals surface area (Å²) in [5.74, 6) is 0.708. The SMILES string of the molecule is CN1c2ccccc2Sc2ccccc21.O=C(O)CCN1c2ccccc2Oc2ccccc21. The Morgan fingerprint density at radius 3 is 1.68 bits per heavy atom. The Balaban J connectivity index is 0.000000145. The number of para-hydroxylation sites is 6.